The van der Waals surface area contributed by atoms with E-state index in [1.54, 1.807) is 0 Å². The molecular formula is C16H27N3. The Morgan fingerprint density at radius 1 is 1.26 bits per heavy atom. The maximum Gasteiger partial charge on any atom is 0.0543 e. The first-order chi connectivity index (χ1) is 9.38. The van der Waals surface area contributed by atoms with Crippen LogP contribution in [0.5, 0.6) is 0 Å². The number of hydrogen-bond acceptors (Lipinski definition) is 3. The number of nitrogens with one attached hydrogen (secondary N) is 1. The Bertz CT molecular complexity index is 335. The van der Waals surface area contributed by atoms with Gasteiger partial charge in [0.15, 0.2) is 0 Å². The lowest BCUT2D eigenvalue weighted by molar-refractivity contribution is 0.269. The first-order valence-electron chi connectivity index (χ1n) is 7.74. The Hall–Kier alpha value is -0.930. The zero-order valence-corrected chi connectivity index (χ0v) is 12.1. The molecule has 19 heavy (non-hydrogen) atoms. The van der Waals surface area contributed by atoms with E-state index in [1.165, 1.54) is 50.9 Å². The number of nitrogens with zero attached hydrogens (tertiary/aromatic N) is 2. The highest BCUT2D eigenvalue weighted by Gasteiger charge is 2.19. The van der Waals surface area contributed by atoms with Gasteiger partial charge in [-0.1, -0.05) is 19.4 Å². The van der Waals surface area contributed by atoms with Gasteiger partial charge in [0, 0.05) is 18.8 Å². The van der Waals surface area contributed by atoms with Gasteiger partial charge < -0.3 is 5.32 Å². The lowest BCUT2D eigenvalue weighted by atomic mass is 10.2. The zero-order chi connectivity index (χ0) is 13.3. The topological polar surface area (TPSA) is 28.2 Å². The fourth-order valence-electron chi connectivity index (χ4n) is 2.30. The third-order valence-electron chi connectivity index (χ3n) is 3.72. The smallest absolute Gasteiger partial charge is 0.0543 e. The second kappa shape index (κ2) is 8.28. The molecule has 3 heteroatoms. The van der Waals surface area contributed by atoms with Crippen molar-refractivity contribution in [2.24, 2.45) is 0 Å². The molecule has 0 aromatic carbocycles. The molecule has 1 aliphatic rings. The third kappa shape index (κ3) is 6.17. The Morgan fingerprint density at radius 2 is 2.16 bits per heavy atom. The largest absolute Gasteiger partial charge is 0.314 e. The van der Waals surface area contributed by atoms with Crippen molar-refractivity contribution < 1.29 is 0 Å². The molecule has 3 nitrogen and oxygen atoms in total. The minimum absolute atomic E-state index is 0.858. The Balaban J connectivity index is 1.54. The van der Waals surface area contributed by atoms with Gasteiger partial charge in [-0.25, -0.2) is 0 Å². The van der Waals surface area contributed by atoms with E-state index in [-0.39, 0.29) is 0 Å². The Morgan fingerprint density at radius 3 is 2.84 bits per heavy atom. The summed E-state index contributed by atoms with van der Waals surface area (Å²) in [5, 5.41) is 3.57. The summed E-state index contributed by atoms with van der Waals surface area (Å²) in [5.41, 5.74) is 1.18. The molecule has 1 aromatic heterocycles. The fourth-order valence-corrected chi connectivity index (χ4v) is 2.30. The molecule has 0 atom stereocenters. The molecule has 1 N–H and O–H groups in total. The van der Waals surface area contributed by atoms with Gasteiger partial charge in [-0.2, -0.15) is 0 Å². The van der Waals surface area contributed by atoms with Crippen molar-refractivity contribution in [3.63, 3.8) is 0 Å². The van der Waals surface area contributed by atoms with Crippen molar-refractivity contribution in [2.75, 3.05) is 19.6 Å². The summed E-state index contributed by atoms with van der Waals surface area (Å²) >= 11 is 0. The average Bonchev–Trinajstić information content (AvgIpc) is 3.26. The summed E-state index contributed by atoms with van der Waals surface area (Å²) in [4.78, 5) is 6.88. The summed E-state index contributed by atoms with van der Waals surface area (Å²) in [6.45, 7) is 6.72. The zero-order valence-electron chi connectivity index (χ0n) is 12.1. The molecule has 1 saturated carbocycles. The molecular weight excluding hydrogens is 234 g/mol. The van der Waals surface area contributed by atoms with Crippen LogP contribution in [0, 0.1) is 0 Å². The fraction of sp³-hybridized carbons (Fsp3) is 0.688. The van der Waals surface area contributed by atoms with Crippen molar-refractivity contribution in [3.8, 4) is 0 Å². The Kier molecular flexibility index (Phi) is 6.31. The molecule has 1 heterocycles. The summed E-state index contributed by atoms with van der Waals surface area (Å²) in [7, 11) is 0. The second-order valence-corrected chi connectivity index (χ2v) is 5.48. The van der Waals surface area contributed by atoms with E-state index in [0.29, 0.717) is 0 Å². The van der Waals surface area contributed by atoms with Gasteiger partial charge in [0.25, 0.3) is 0 Å². The number of aromatic nitrogens is 1. The minimum atomic E-state index is 0.858. The summed E-state index contributed by atoms with van der Waals surface area (Å²) in [6, 6.07) is 7.02. The van der Waals surface area contributed by atoms with Gasteiger partial charge in [-0.15, -0.1) is 0 Å². The summed E-state index contributed by atoms with van der Waals surface area (Å²) in [5.74, 6) is 0. The number of rotatable bonds is 10. The molecule has 0 saturated heterocycles. The van der Waals surface area contributed by atoms with Crippen molar-refractivity contribution >= 4 is 0 Å². The van der Waals surface area contributed by atoms with E-state index in [0.717, 1.165) is 19.1 Å². The van der Waals surface area contributed by atoms with E-state index in [1.807, 2.05) is 12.3 Å². The van der Waals surface area contributed by atoms with Crippen molar-refractivity contribution in [1.82, 2.24) is 15.2 Å². The van der Waals surface area contributed by atoms with Gasteiger partial charge in [-0.05, 0) is 57.5 Å². The van der Waals surface area contributed by atoms with Crippen LogP contribution in [0.3, 0.4) is 0 Å². The molecule has 1 fully saturated rings. The van der Waals surface area contributed by atoms with E-state index < -0.39 is 0 Å². The van der Waals surface area contributed by atoms with Crippen LogP contribution in [0.2, 0.25) is 0 Å². The van der Waals surface area contributed by atoms with Crippen LogP contribution >= 0.6 is 0 Å². The molecule has 0 bridgehead atoms. The van der Waals surface area contributed by atoms with Crippen LogP contribution in [0.25, 0.3) is 0 Å². The molecule has 0 radical (unpaired) electrons. The van der Waals surface area contributed by atoms with Crippen molar-refractivity contribution in [3.05, 3.63) is 30.1 Å². The van der Waals surface area contributed by atoms with Gasteiger partial charge >= 0.3 is 0 Å². The highest BCUT2D eigenvalue weighted by atomic mass is 15.1. The summed E-state index contributed by atoms with van der Waals surface area (Å²) < 4.78 is 0. The lowest BCUT2D eigenvalue weighted by Gasteiger charge is -2.19. The molecule has 106 valence electrons. The average molecular weight is 261 g/mol. The molecule has 0 spiro atoms. The maximum absolute atomic E-state index is 4.40. The number of pyridine rings is 1. The van der Waals surface area contributed by atoms with E-state index in [9.17, 15) is 0 Å². The molecule has 0 unspecified atom stereocenters. The van der Waals surface area contributed by atoms with Gasteiger partial charge in [0.1, 0.15) is 0 Å². The molecule has 2 rings (SSSR count). The van der Waals surface area contributed by atoms with E-state index in [4.69, 9.17) is 0 Å². The first kappa shape index (κ1) is 14.5. The van der Waals surface area contributed by atoms with E-state index >= 15 is 0 Å². The lowest BCUT2D eigenvalue weighted by Crippen LogP contribution is -2.24. The minimum Gasteiger partial charge on any atom is -0.314 e. The second-order valence-electron chi connectivity index (χ2n) is 5.48. The molecule has 1 aromatic rings. The number of hydrogen-bond donors (Lipinski definition) is 1. The highest BCUT2D eigenvalue weighted by Crippen LogP contribution is 2.18. The van der Waals surface area contributed by atoms with Crippen LogP contribution in [-0.2, 0) is 6.54 Å². The highest BCUT2D eigenvalue weighted by molar-refractivity contribution is 5.03. The monoisotopic (exact) mass is 261 g/mol. The third-order valence-corrected chi connectivity index (χ3v) is 3.72. The normalized spacial score (nSPS) is 15.1. The van der Waals surface area contributed by atoms with Gasteiger partial charge in [0.2, 0.25) is 0 Å². The van der Waals surface area contributed by atoms with Crippen LogP contribution in [0.1, 0.15) is 44.7 Å². The molecule has 0 aliphatic heterocycles. The van der Waals surface area contributed by atoms with Crippen LogP contribution in [-0.4, -0.2) is 35.6 Å². The number of unbranched alkanes of at least 4 members (excludes halogenated alkanes) is 2. The first-order valence-corrected chi connectivity index (χ1v) is 7.74. The predicted molar refractivity (Wildman–Crippen MR) is 80.1 cm³/mol. The quantitative estimate of drug-likeness (QED) is 0.656. The summed E-state index contributed by atoms with van der Waals surface area (Å²) in [6.07, 6.45) is 8.62. The standard InChI is InChI=1S/C16H27N3/c1-2-19(14-16-8-4-6-12-18-16)13-7-3-5-11-17-15-9-10-15/h4,6,8,12,15,17H,2-3,5,7,9-11,13-14H2,1H3. The SMILES string of the molecule is CCN(CCCCCNC1CC1)Cc1ccccn1. The van der Waals surface area contributed by atoms with Crippen LogP contribution < -0.4 is 5.32 Å². The molecule has 1 aliphatic carbocycles. The van der Waals surface area contributed by atoms with Gasteiger partial charge in [0.05, 0.1) is 5.69 Å². The van der Waals surface area contributed by atoms with Crippen molar-refractivity contribution in [2.45, 2.75) is 51.6 Å². The van der Waals surface area contributed by atoms with Gasteiger partial charge in [-0.3, -0.25) is 9.88 Å². The van der Waals surface area contributed by atoms with Crippen LogP contribution in [0.4, 0.5) is 0 Å². The molecule has 0 amide bonds. The van der Waals surface area contributed by atoms with E-state index in [2.05, 4.69) is 34.3 Å². The maximum atomic E-state index is 4.40. The predicted octanol–water partition coefficient (Wildman–Crippen LogP) is 2.83. The Labute approximate surface area is 117 Å². The van der Waals surface area contributed by atoms with Crippen molar-refractivity contribution in [1.29, 1.82) is 0 Å². The van der Waals surface area contributed by atoms with Crippen LogP contribution in [0.15, 0.2) is 24.4 Å².